The third-order valence-electron chi connectivity index (χ3n) is 4.94. The maximum absolute atomic E-state index is 12.4. The summed E-state index contributed by atoms with van der Waals surface area (Å²) in [4.78, 5) is 2.05. The van der Waals surface area contributed by atoms with E-state index >= 15 is 0 Å². The van der Waals surface area contributed by atoms with Crippen LogP contribution >= 0.6 is 0 Å². The lowest BCUT2D eigenvalue weighted by Gasteiger charge is -2.17. The van der Waals surface area contributed by atoms with Crippen molar-refractivity contribution in [3.05, 3.63) is 29.3 Å². The molecule has 1 aliphatic heterocycles. The zero-order valence-electron chi connectivity index (χ0n) is 13.2. The molecule has 1 aliphatic carbocycles. The minimum Gasteiger partial charge on any atom is -0.335 e. The summed E-state index contributed by atoms with van der Waals surface area (Å²) in [6.45, 7) is 4.12. The van der Waals surface area contributed by atoms with Gasteiger partial charge in [-0.3, -0.25) is 0 Å². The average molecular weight is 323 g/mol. The van der Waals surface area contributed by atoms with E-state index in [4.69, 9.17) is 0 Å². The van der Waals surface area contributed by atoms with E-state index in [9.17, 15) is 8.42 Å². The van der Waals surface area contributed by atoms with Crippen molar-refractivity contribution in [3.8, 4) is 0 Å². The molecule has 0 atom stereocenters. The third kappa shape index (κ3) is 3.89. The van der Waals surface area contributed by atoms with Crippen molar-refractivity contribution >= 4 is 10.0 Å². The molecule has 1 heterocycles. The van der Waals surface area contributed by atoms with Gasteiger partial charge in [0.25, 0.3) is 0 Å². The van der Waals surface area contributed by atoms with Gasteiger partial charge in [-0.05, 0) is 48.9 Å². The molecule has 0 aromatic heterocycles. The molecule has 3 rings (SSSR count). The van der Waals surface area contributed by atoms with E-state index < -0.39 is 10.0 Å². The second-order valence-electron chi connectivity index (χ2n) is 6.60. The minimum absolute atomic E-state index is 0.432. The number of rotatable bonds is 6. The summed E-state index contributed by atoms with van der Waals surface area (Å²) in [5.74, 6) is 0. The van der Waals surface area contributed by atoms with Crippen molar-refractivity contribution in [3.63, 3.8) is 0 Å². The van der Waals surface area contributed by atoms with Crippen molar-refractivity contribution in [1.29, 1.82) is 0 Å². The first-order chi connectivity index (χ1) is 10.6. The zero-order valence-corrected chi connectivity index (χ0v) is 14.1. The van der Waals surface area contributed by atoms with Crippen LogP contribution in [-0.2, 0) is 22.9 Å². The Morgan fingerprint density at radius 2 is 1.73 bits per heavy atom. The van der Waals surface area contributed by atoms with Gasteiger partial charge in [0, 0.05) is 25.8 Å². The molecule has 2 aliphatic rings. The highest BCUT2D eigenvalue weighted by Crippen LogP contribution is 2.23. The van der Waals surface area contributed by atoms with Gasteiger partial charge in [-0.25, -0.2) is 13.1 Å². The Morgan fingerprint density at radius 1 is 1.00 bits per heavy atom. The summed E-state index contributed by atoms with van der Waals surface area (Å²) < 4.78 is 27.6. The highest BCUT2D eigenvalue weighted by molar-refractivity contribution is 7.89. The minimum atomic E-state index is -3.35. The van der Waals surface area contributed by atoms with Gasteiger partial charge >= 0.3 is 0 Å². The fraction of sp³-hybridized carbons (Fsp3) is 0.647. The molecule has 1 saturated heterocycles. The standard InChI is InChI=1S/C17H26N2O2S/c20-22(21,18-10-5-13-19-11-3-4-12-19)17-9-8-15-6-1-2-7-16(15)14-17/h8-9,14,18H,1-7,10-13H2/p+1. The van der Waals surface area contributed by atoms with Crippen LogP contribution in [0.5, 0.6) is 0 Å². The molecule has 1 aromatic carbocycles. The molecule has 5 heteroatoms. The second-order valence-corrected chi connectivity index (χ2v) is 8.36. The summed E-state index contributed by atoms with van der Waals surface area (Å²) >= 11 is 0. The number of nitrogens with one attached hydrogen (secondary N) is 2. The lowest BCUT2D eigenvalue weighted by Crippen LogP contribution is -3.10. The molecule has 0 radical (unpaired) electrons. The SMILES string of the molecule is O=S(=O)(NCCC[NH+]1CCCC1)c1ccc2c(c1)CCCC2. The molecule has 122 valence electrons. The Kier molecular flexibility index (Phi) is 5.16. The molecule has 0 amide bonds. The van der Waals surface area contributed by atoms with Gasteiger partial charge in [-0.2, -0.15) is 0 Å². The molecule has 0 saturated carbocycles. The fourth-order valence-corrected chi connectivity index (χ4v) is 4.75. The molecule has 1 aromatic rings. The van der Waals surface area contributed by atoms with Gasteiger partial charge in [-0.1, -0.05) is 6.07 Å². The van der Waals surface area contributed by atoms with Crippen LogP contribution in [0.25, 0.3) is 0 Å². The number of aryl methyl sites for hydroxylation is 2. The molecule has 4 nitrogen and oxygen atoms in total. The first kappa shape index (κ1) is 16.0. The summed E-state index contributed by atoms with van der Waals surface area (Å²) in [7, 11) is -3.35. The van der Waals surface area contributed by atoms with Gasteiger partial charge in [0.05, 0.1) is 24.5 Å². The van der Waals surface area contributed by atoms with Crippen molar-refractivity contribution < 1.29 is 13.3 Å². The van der Waals surface area contributed by atoms with E-state index in [1.165, 1.54) is 49.9 Å². The number of hydrogen-bond acceptors (Lipinski definition) is 2. The highest BCUT2D eigenvalue weighted by atomic mass is 32.2. The Bertz CT molecular complexity index is 607. The van der Waals surface area contributed by atoms with Crippen LogP contribution in [-0.4, -0.2) is 34.6 Å². The highest BCUT2D eigenvalue weighted by Gasteiger charge is 2.18. The van der Waals surface area contributed by atoms with Crippen molar-refractivity contribution in [2.45, 2.75) is 49.8 Å². The number of fused-ring (bicyclic) bond motifs is 1. The van der Waals surface area contributed by atoms with Crippen LogP contribution in [0.1, 0.15) is 43.2 Å². The van der Waals surface area contributed by atoms with E-state index in [2.05, 4.69) is 4.72 Å². The Labute approximate surface area is 134 Å². The zero-order chi connectivity index (χ0) is 15.4. The molecule has 0 unspecified atom stereocenters. The van der Waals surface area contributed by atoms with E-state index in [-0.39, 0.29) is 0 Å². The van der Waals surface area contributed by atoms with E-state index in [0.29, 0.717) is 11.4 Å². The third-order valence-corrected chi connectivity index (χ3v) is 6.40. The molecular weight excluding hydrogens is 296 g/mol. The molecule has 22 heavy (non-hydrogen) atoms. The maximum atomic E-state index is 12.4. The fourth-order valence-electron chi connectivity index (χ4n) is 3.63. The lowest BCUT2D eigenvalue weighted by atomic mass is 9.92. The monoisotopic (exact) mass is 323 g/mol. The first-order valence-electron chi connectivity index (χ1n) is 8.60. The van der Waals surface area contributed by atoms with Gasteiger partial charge < -0.3 is 4.90 Å². The average Bonchev–Trinajstić information content (AvgIpc) is 3.04. The lowest BCUT2D eigenvalue weighted by molar-refractivity contribution is -0.887. The van der Waals surface area contributed by atoms with E-state index in [1.54, 1.807) is 11.0 Å². The number of likely N-dealkylation sites (tertiary alicyclic amines) is 1. The van der Waals surface area contributed by atoms with Gasteiger partial charge in [0.15, 0.2) is 0 Å². The van der Waals surface area contributed by atoms with Crippen molar-refractivity contribution in [2.24, 2.45) is 0 Å². The molecule has 0 spiro atoms. The Balaban J connectivity index is 1.55. The van der Waals surface area contributed by atoms with Crippen LogP contribution in [0.15, 0.2) is 23.1 Å². The van der Waals surface area contributed by atoms with Crippen LogP contribution in [0, 0.1) is 0 Å². The summed E-state index contributed by atoms with van der Waals surface area (Å²) in [6.07, 6.45) is 8.03. The van der Waals surface area contributed by atoms with Crippen molar-refractivity contribution in [2.75, 3.05) is 26.2 Å². The van der Waals surface area contributed by atoms with Gasteiger partial charge in [0.1, 0.15) is 0 Å². The maximum Gasteiger partial charge on any atom is 0.240 e. The Morgan fingerprint density at radius 3 is 2.50 bits per heavy atom. The molecular formula is C17H27N2O2S+. The summed E-state index contributed by atoms with van der Waals surface area (Å²) in [5.41, 5.74) is 2.54. The smallest absolute Gasteiger partial charge is 0.240 e. The normalized spacial score (nSPS) is 19.3. The van der Waals surface area contributed by atoms with E-state index in [0.717, 1.165) is 25.8 Å². The second kappa shape index (κ2) is 7.11. The van der Waals surface area contributed by atoms with E-state index in [1.807, 2.05) is 12.1 Å². The van der Waals surface area contributed by atoms with Crippen LogP contribution < -0.4 is 9.62 Å². The van der Waals surface area contributed by atoms with Crippen LogP contribution in [0.2, 0.25) is 0 Å². The largest absolute Gasteiger partial charge is 0.335 e. The van der Waals surface area contributed by atoms with Crippen LogP contribution in [0.4, 0.5) is 0 Å². The Hall–Kier alpha value is -0.910. The molecule has 0 bridgehead atoms. The number of hydrogen-bond donors (Lipinski definition) is 2. The number of sulfonamides is 1. The molecule has 2 N–H and O–H groups in total. The van der Waals surface area contributed by atoms with Crippen LogP contribution in [0.3, 0.4) is 0 Å². The molecule has 1 fully saturated rings. The van der Waals surface area contributed by atoms with Crippen molar-refractivity contribution in [1.82, 2.24) is 4.72 Å². The predicted octanol–water partition coefficient (Wildman–Crippen LogP) is 0.913. The summed E-state index contributed by atoms with van der Waals surface area (Å²) in [6, 6.07) is 5.64. The topological polar surface area (TPSA) is 50.6 Å². The van der Waals surface area contributed by atoms with Gasteiger partial charge in [-0.15, -0.1) is 0 Å². The first-order valence-corrected chi connectivity index (χ1v) is 10.1. The predicted molar refractivity (Wildman–Crippen MR) is 87.7 cm³/mol. The number of benzene rings is 1. The summed E-state index contributed by atoms with van der Waals surface area (Å²) in [5, 5.41) is 0. The number of quaternary nitrogens is 1. The quantitative estimate of drug-likeness (QED) is 0.765. The van der Waals surface area contributed by atoms with Gasteiger partial charge in [0.2, 0.25) is 10.0 Å².